The van der Waals surface area contributed by atoms with Gasteiger partial charge in [0, 0.05) is 12.1 Å². The second-order valence-corrected chi connectivity index (χ2v) is 9.45. The van der Waals surface area contributed by atoms with Crippen LogP contribution in [0.25, 0.3) is 0 Å². The monoisotopic (exact) mass is 434 g/mol. The minimum Gasteiger partial charge on any atom is -0.351 e. The van der Waals surface area contributed by atoms with Crippen molar-refractivity contribution in [3.8, 4) is 0 Å². The Balaban J connectivity index is 1.53. The van der Waals surface area contributed by atoms with Crippen LogP contribution in [0, 0.1) is 5.92 Å². The Morgan fingerprint density at radius 1 is 1.10 bits per heavy atom. The van der Waals surface area contributed by atoms with E-state index in [2.05, 4.69) is 19.2 Å². The number of para-hydroxylation sites is 1. The highest BCUT2D eigenvalue weighted by Gasteiger charge is 2.42. The summed E-state index contributed by atoms with van der Waals surface area (Å²) in [4.78, 5) is 36.9. The van der Waals surface area contributed by atoms with Crippen LogP contribution >= 0.6 is 11.8 Å². The largest absolute Gasteiger partial charge is 0.351 e. The fourth-order valence-electron chi connectivity index (χ4n) is 3.62. The number of thioether (sulfide) groups is 1. The molecule has 6 nitrogen and oxygen atoms in total. The Bertz CT molecular complexity index is 1050. The molecule has 7 heteroatoms. The highest BCUT2D eigenvalue weighted by atomic mass is 32.2. The van der Waals surface area contributed by atoms with Crippen molar-refractivity contribution >= 4 is 40.3 Å². The van der Waals surface area contributed by atoms with Crippen LogP contribution in [0.1, 0.15) is 38.3 Å². The minimum absolute atomic E-state index is 0.0682. The summed E-state index contributed by atoms with van der Waals surface area (Å²) in [5.74, 6) is 0.826. The number of carbonyl (C=O) groups excluding carboxylic acids is 2. The number of hydrogen-bond donors (Lipinski definition) is 1. The summed E-state index contributed by atoms with van der Waals surface area (Å²) in [6.07, 6.45) is 0.687. The van der Waals surface area contributed by atoms with Crippen molar-refractivity contribution in [2.75, 3.05) is 0 Å². The van der Waals surface area contributed by atoms with Crippen LogP contribution in [0.5, 0.6) is 0 Å². The molecule has 0 spiro atoms. The molecule has 0 aliphatic carbocycles. The molecule has 0 bridgehead atoms. The first-order chi connectivity index (χ1) is 14.9. The quantitative estimate of drug-likeness (QED) is 0.743. The molecule has 0 aromatic heterocycles. The molecule has 2 aliphatic heterocycles. The zero-order valence-corrected chi connectivity index (χ0v) is 18.7. The first kappa shape index (κ1) is 21.3. The van der Waals surface area contributed by atoms with E-state index < -0.39 is 11.3 Å². The maximum atomic E-state index is 13.2. The number of amides is 2. The molecule has 0 fully saturated rings. The SMILES string of the molecule is CC(C)C[C@H]1N=C2c3ccccc3N=C(S[C@@H](C)C(=O)NCc3ccccc3)N2C1=O. The lowest BCUT2D eigenvalue weighted by atomic mass is 10.0. The summed E-state index contributed by atoms with van der Waals surface area (Å²) >= 11 is 1.29. The zero-order valence-electron chi connectivity index (χ0n) is 17.9. The number of fused-ring (bicyclic) bond motifs is 3. The molecule has 2 aromatic rings. The number of hydrogen-bond acceptors (Lipinski definition) is 5. The van der Waals surface area contributed by atoms with E-state index >= 15 is 0 Å². The topological polar surface area (TPSA) is 74.1 Å². The van der Waals surface area contributed by atoms with Crippen molar-refractivity contribution in [2.45, 2.75) is 45.0 Å². The van der Waals surface area contributed by atoms with Crippen molar-refractivity contribution in [1.29, 1.82) is 0 Å². The Kier molecular flexibility index (Phi) is 6.23. The maximum absolute atomic E-state index is 13.2. The van der Waals surface area contributed by atoms with Crippen LogP contribution in [-0.2, 0) is 16.1 Å². The van der Waals surface area contributed by atoms with Crippen molar-refractivity contribution in [2.24, 2.45) is 15.9 Å². The number of amidine groups is 2. The molecule has 2 aliphatic rings. The molecule has 0 radical (unpaired) electrons. The van der Waals surface area contributed by atoms with Crippen molar-refractivity contribution < 1.29 is 9.59 Å². The van der Waals surface area contributed by atoms with Gasteiger partial charge in [-0.3, -0.25) is 14.6 Å². The van der Waals surface area contributed by atoms with Gasteiger partial charge in [-0.25, -0.2) is 9.89 Å². The molecule has 4 rings (SSSR count). The predicted octanol–water partition coefficient (Wildman–Crippen LogP) is 4.13. The third kappa shape index (κ3) is 4.56. The molecule has 0 saturated carbocycles. The maximum Gasteiger partial charge on any atom is 0.259 e. The molecule has 1 N–H and O–H groups in total. The van der Waals surface area contributed by atoms with Gasteiger partial charge in [0.05, 0.1) is 10.9 Å². The Morgan fingerprint density at radius 2 is 1.81 bits per heavy atom. The molecule has 2 amide bonds. The average Bonchev–Trinajstić information content (AvgIpc) is 3.08. The molecular weight excluding hydrogens is 408 g/mol. The number of nitrogens with one attached hydrogen (secondary N) is 1. The fraction of sp³-hybridized carbons (Fsp3) is 0.333. The Hall–Kier alpha value is -2.93. The standard InChI is InChI=1S/C24H26N4O2S/c1-15(2)13-20-23(30)28-21(26-20)18-11-7-8-12-19(18)27-24(28)31-16(3)22(29)25-14-17-9-5-4-6-10-17/h4-12,15-16,20H,13-14H2,1-3H3,(H,25,29)/t16-,20+/m0/s1. The van der Waals surface area contributed by atoms with Gasteiger partial charge < -0.3 is 5.32 Å². The van der Waals surface area contributed by atoms with Crippen molar-refractivity contribution in [3.63, 3.8) is 0 Å². The Labute approximate surface area is 186 Å². The van der Waals surface area contributed by atoms with Crippen molar-refractivity contribution in [3.05, 3.63) is 65.7 Å². The summed E-state index contributed by atoms with van der Waals surface area (Å²) in [7, 11) is 0. The van der Waals surface area contributed by atoms with Gasteiger partial charge in [-0.2, -0.15) is 0 Å². The normalized spacial score (nSPS) is 18.3. The fourth-order valence-corrected chi connectivity index (χ4v) is 4.56. The number of nitrogens with zero attached hydrogens (tertiary/aromatic N) is 3. The lowest BCUT2D eigenvalue weighted by Gasteiger charge is -2.27. The van der Waals surface area contributed by atoms with E-state index in [0.29, 0.717) is 29.9 Å². The van der Waals surface area contributed by atoms with Gasteiger partial charge in [-0.05, 0) is 37.0 Å². The van der Waals surface area contributed by atoms with Gasteiger partial charge in [0.1, 0.15) is 11.9 Å². The third-order valence-electron chi connectivity index (χ3n) is 5.20. The molecule has 31 heavy (non-hydrogen) atoms. The second-order valence-electron chi connectivity index (χ2n) is 8.15. The lowest BCUT2D eigenvalue weighted by molar-refractivity contribution is -0.125. The van der Waals surface area contributed by atoms with Gasteiger partial charge in [0.15, 0.2) is 5.17 Å². The van der Waals surface area contributed by atoms with E-state index in [9.17, 15) is 9.59 Å². The van der Waals surface area contributed by atoms with Gasteiger partial charge >= 0.3 is 0 Å². The Morgan fingerprint density at radius 3 is 2.55 bits per heavy atom. The number of rotatable bonds is 6. The van der Waals surface area contributed by atoms with Gasteiger partial charge in [-0.1, -0.05) is 68.1 Å². The molecule has 2 heterocycles. The highest BCUT2D eigenvalue weighted by molar-refractivity contribution is 8.15. The molecule has 0 saturated heterocycles. The van der Waals surface area contributed by atoms with Crippen LogP contribution in [-0.4, -0.2) is 39.0 Å². The predicted molar refractivity (Wildman–Crippen MR) is 126 cm³/mol. The van der Waals surface area contributed by atoms with E-state index in [-0.39, 0.29) is 11.8 Å². The van der Waals surface area contributed by atoms with Crippen LogP contribution in [0.2, 0.25) is 0 Å². The van der Waals surface area contributed by atoms with Crippen molar-refractivity contribution in [1.82, 2.24) is 10.2 Å². The van der Waals surface area contributed by atoms with Crippen LogP contribution in [0.15, 0.2) is 64.6 Å². The van der Waals surface area contributed by atoms with E-state index in [1.54, 1.807) is 4.90 Å². The highest BCUT2D eigenvalue weighted by Crippen LogP contribution is 2.35. The summed E-state index contributed by atoms with van der Waals surface area (Å²) in [5, 5.41) is 3.06. The summed E-state index contributed by atoms with van der Waals surface area (Å²) in [6, 6.07) is 17.1. The molecular formula is C24H26N4O2S. The van der Waals surface area contributed by atoms with Gasteiger partial charge in [0.2, 0.25) is 5.91 Å². The molecule has 2 atom stereocenters. The van der Waals surface area contributed by atoms with E-state index in [1.807, 2.05) is 61.5 Å². The number of benzene rings is 2. The number of aliphatic imine (C=N–C) groups is 2. The molecule has 160 valence electrons. The van der Waals surface area contributed by atoms with E-state index in [4.69, 9.17) is 9.98 Å². The van der Waals surface area contributed by atoms with Crippen LogP contribution in [0.3, 0.4) is 0 Å². The first-order valence-electron chi connectivity index (χ1n) is 10.5. The van der Waals surface area contributed by atoms with Gasteiger partial charge in [-0.15, -0.1) is 0 Å². The third-order valence-corrected chi connectivity index (χ3v) is 6.26. The van der Waals surface area contributed by atoms with Crippen LogP contribution in [0.4, 0.5) is 5.69 Å². The molecule has 0 unspecified atom stereocenters. The number of carbonyl (C=O) groups is 2. The van der Waals surface area contributed by atoms with Crippen LogP contribution < -0.4 is 5.32 Å². The first-order valence-corrected chi connectivity index (χ1v) is 11.4. The molecule has 2 aromatic carbocycles. The summed E-state index contributed by atoms with van der Waals surface area (Å²) in [5.41, 5.74) is 2.67. The van der Waals surface area contributed by atoms with E-state index in [0.717, 1.165) is 16.8 Å². The minimum atomic E-state index is -0.411. The lowest BCUT2D eigenvalue weighted by Crippen LogP contribution is -2.43. The smallest absolute Gasteiger partial charge is 0.259 e. The van der Waals surface area contributed by atoms with E-state index in [1.165, 1.54) is 11.8 Å². The van der Waals surface area contributed by atoms with Gasteiger partial charge in [0.25, 0.3) is 5.91 Å². The average molecular weight is 435 g/mol. The summed E-state index contributed by atoms with van der Waals surface area (Å²) in [6.45, 7) is 6.46. The summed E-state index contributed by atoms with van der Waals surface area (Å²) < 4.78 is 0. The second kappa shape index (κ2) is 9.06. The zero-order chi connectivity index (χ0) is 22.0.